The van der Waals surface area contributed by atoms with E-state index in [9.17, 15) is 4.79 Å². The van der Waals surface area contributed by atoms with E-state index in [2.05, 4.69) is 11.8 Å². The van der Waals surface area contributed by atoms with Crippen molar-refractivity contribution >= 4 is 5.97 Å². The summed E-state index contributed by atoms with van der Waals surface area (Å²) in [6.45, 7) is 3.94. The minimum Gasteiger partial charge on any atom is -0.468 e. The van der Waals surface area contributed by atoms with Gasteiger partial charge in [0.15, 0.2) is 0 Å². The lowest BCUT2D eigenvalue weighted by Crippen LogP contribution is -2.55. The van der Waals surface area contributed by atoms with Gasteiger partial charge in [0.25, 0.3) is 0 Å². The van der Waals surface area contributed by atoms with Gasteiger partial charge >= 0.3 is 5.97 Å². The van der Waals surface area contributed by atoms with Crippen LogP contribution in [0.4, 0.5) is 0 Å². The van der Waals surface area contributed by atoms with Crippen molar-refractivity contribution in [2.24, 2.45) is 5.73 Å². The van der Waals surface area contributed by atoms with Crippen LogP contribution in [0.15, 0.2) is 0 Å². The van der Waals surface area contributed by atoms with Crippen LogP contribution in [0.1, 0.15) is 19.8 Å². The first-order chi connectivity index (χ1) is 7.56. The number of rotatable bonds is 4. The highest BCUT2D eigenvalue weighted by atomic mass is 16.5. The second-order valence-corrected chi connectivity index (χ2v) is 4.50. The third-order valence-corrected chi connectivity index (χ3v) is 3.32. The number of hydrogen-bond acceptors (Lipinski definition) is 5. The Hall–Kier alpha value is -0.650. The molecule has 5 heteroatoms. The zero-order valence-electron chi connectivity index (χ0n) is 10.4. The maximum absolute atomic E-state index is 11.6. The van der Waals surface area contributed by atoms with Crippen molar-refractivity contribution in [2.75, 3.05) is 33.9 Å². The molecule has 2 unspecified atom stereocenters. The van der Waals surface area contributed by atoms with E-state index in [0.29, 0.717) is 0 Å². The molecular weight excluding hydrogens is 208 g/mol. The normalized spacial score (nSPS) is 28.8. The van der Waals surface area contributed by atoms with Gasteiger partial charge in [0.1, 0.15) is 6.04 Å². The lowest BCUT2D eigenvalue weighted by molar-refractivity contribution is -0.149. The fraction of sp³-hybridized carbons (Fsp3) is 0.909. The number of carbonyl (C=O) groups excluding carboxylic acids is 1. The van der Waals surface area contributed by atoms with Crippen molar-refractivity contribution in [3.8, 4) is 0 Å². The number of nitrogens with zero attached hydrogens (tertiary/aromatic N) is 1. The topological polar surface area (TPSA) is 64.8 Å². The summed E-state index contributed by atoms with van der Waals surface area (Å²) in [4.78, 5) is 13.6. The second kappa shape index (κ2) is 5.61. The molecular formula is C11H22N2O3. The summed E-state index contributed by atoms with van der Waals surface area (Å²) >= 11 is 0. The van der Waals surface area contributed by atoms with E-state index in [1.165, 1.54) is 7.11 Å². The van der Waals surface area contributed by atoms with Crippen LogP contribution in [0.2, 0.25) is 0 Å². The Morgan fingerprint density at radius 3 is 2.75 bits per heavy atom. The Balaban J connectivity index is 2.67. The van der Waals surface area contributed by atoms with Gasteiger partial charge in [0, 0.05) is 20.2 Å². The zero-order chi connectivity index (χ0) is 12.2. The summed E-state index contributed by atoms with van der Waals surface area (Å²) in [6.07, 6.45) is 2.02. The summed E-state index contributed by atoms with van der Waals surface area (Å²) < 4.78 is 10.2. The standard InChI is InChI=1S/C11H22N2O3/c1-11(16-3)5-4-6-13(8-11)9(7-12)10(14)15-2/h9H,4-8,12H2,1-3H3. The minimum absolute atomic E-state index is 0.181. The molecule has 0 bridgehead atoms. The van der Waals surface area contributed by atoms with Crippen LogP contribution in [0.5, 0.6) is 0 Å². The molecule has 1 rings (SSSR count). The largest absolute Gasteiger partial charge is 0.468 e. The number of likely N-dealkylation sites (tertiary alicyclic amines) is 1. The molecule has 0 aromatic carbocycles. The van der Waals surface area contributed by atoms with Gasteiger partial charge in [-0.2, -0.15) is 0 Å². The van der Waals surface area contributed by atoms with E-state index in [0.717, 1.165) is 25.9 Å². The first kappa shape index (κ1) is 13.4. The van der Waals surface area contributed by atoms with E-state index in [4.69, 9.17) is 15.2 Å². The Bertz CT molecular complexity index is 247. The molecule has 0 spiro atoms. The summed E-state index contributed by atoms with van der Waals surface area (Å²) in [7, 11) is 3.10. The molecule has 5 nitrogen and oxygen atoms in total. The van der Waals surface area contributed by atoms with Crippen LogP contribution >= 0.6 is 0 Å². The zero-order valence-corrected chi connectivity index (χ0v) is 10.4. The van der Waals surface area contributed by atoms with Gasteiger partial charge in [-0.25, -0.2) is 0 Å². The Kier molecular flexibility index (Phi) is 4.70. The van der Waals surface area contributed by atoms with Crippen molar-refractivity contribution in [2.45, 2.75) is 31.4 Å². The van der Waals surface area contributed by atoms with E-state index in [1.54, 1.807) is 7.11 Å². The van der Waals surface area contributed by atoms with E-state index in [1.807, 2.05) is 0 Å². The average Bonchev–Trinajstić information content (AvgIpc) is 2.30. The average molecular weight is 230 g/mol. The summed E-state index contributed by atoms with van der Waals surface area (Å²) in [5.41, 5.74) is 5.45. The first-order valence-electron chi connectivity index (χ1n) is 5.63. The van der Waals surface area contributed by atoms with Crippen LogP contribution < -0.4 is 5.73 Å². The molecule has 0 radical (unpaired) electrons. The monoisotopic (exact) mass is 230 g/mol. The minimum atomic E-state index is -0.347. The maximum atomic E-state index is 11.6. The van der Waals surface area contributed by atoms with E-state index >= 15 is 0 Å². The molecule has 2 N–H and O–H groups in total. The number of methoxy groups -OCH3 is 2. The van der Waals surface area contributed by atoms with E-state index < -0.39 is 0 Å². The molecule has 0 aromatic heterocycles. The highest BCUT2D eigenvalue weighted by molar-refractivity contribution is 5.76. The predicted molar refractivity (Wildman–Crippen MR) is 61.1 cm³/mol. The second-order valence-electron chi connectivity index (χ2n) is 4.50. The Morgan fingerprint density at radius 1 is 1.56 bits per heavy atom. The molecule has 2 atom stereocenters. The lowest BCUT2D eigenvalue weighted by Gasteiger charge is -2.41. The van der Waals surface area contributed by atoms with Gasteiger partial charge in [-0.15, -0.1) is 0 Å². The summed E-state index contributed by atoms with van der Waals surface area (Å²) in [5.74, 6) is -0.261. The molecule has 0 saturated carbocycles. The molecule has 0 aromatic rings. The van der Waals surface area contributed by atoms with Crippen LogP contribution in [0.25, 0.3) is 0 Å². The summed E-state index contributed by atoms with van der Waals surface area (Å²) in [5, 5.41) is 0. The number of carbonyl (C=O) groups is 1. The molecule has 94 valence electrons. The molecule has 1 aliphatic heterocycles. The van der Waals surface area contributed by atoms with Crippen molar-refractivity contribution in [1.82, 2.24) is 4.90 Å². The highest BCUT2D eigenvalue weighted by Crippen LogP contribution is 2.25. The van der Waals surface area contributed by atoms with Crippen LogP contribution in [0, 0.1) is 0 Å². The van der Waals surface area contributed by atoms with Crippen molar-refractivity contribution in [3.63, 3.8) is 0 Å². The van der Waals surface area contributed by atoms with Crippen molar-refractivity contribution < 1.29 is 14.3 Å². The predicted octanol–water partition coefficient (Wildman–Crippen LogP) is -0.0124. The maximum Gasteiger partial charge on any atom is 0.324 e. The van der Waals surface area contributed by atoms with Gasteiger partial charge in [-0.3, -0.25) is 9.69 Å². The number of piperidine rings is 1. The van der Waals surface area contributed by atoms with Gasteiger partial charge in [-0.1, -0.05) is 0 Å². The van der Waals surface area contributed by atoms with Crippen LogP contribution in [-0.4, -0.2) is 56.4 Å². The number of ether oxygens (including phenoxy) is 2. The van der Waals surface area contributed by atoms with Gasteiger partial charge in [0.2, 0.25) is 0 Å². The first-order valence-corrected chi connectivity index (χ1v) is 5.63. The third-order valence-electron chi connectivity index (χ3n) is 3.32. The van der Waals surface area contributed by atoms with Gasteiger partial charge in [0.05, 0.1) is 12.7 Å². The summed E-state index contributed by atoms with van der Waals surface area (Å²) in [6, 6.07) is -0.347. The fourth-order valence-corrected chi connectivity index (χ4v) is 2.21. The van der Waals surface area contributed by atoms with Crippen molar-refractivity contribution in [1.29, 1.82) is 0 Å². The lowest BCUT2D eigenvalue weighted by atomic mass is 9.93. The van der Waals surface area contributed by atoms with Crippen LogP contribution in [-0.2, 0) is 14.3 Å². The Labute approximate surface area is 96.9 Å². The van der Waals surface area contributed by atoms with Gasteiger partial charge < -0.3 is 15.2 Å². The molecule has 0 aliphatic carbocycles. The molecule has 1 heterocycles. The van der Waals surface area contributed by atoms with Crippen LogP contribution in [0.3, 0.4) is 0 Å². The molecule has 16 heavy (non-hydrogen) atoms. The SMILES string of the molecule is COC(=O)C(CN)N1CCCC(C)(OC)C1. The third kappa shape index (κ3) is 2.93. The molecule has 0 amide bonds. The van der Waals surface area contributed by atoms with Crippen molar-refractivity contribution in [3.05, 3.63) is 0 Å². The number of nitrogens with two attached hydrogens (primary N) is 1. The molecule has 1 aliphatic rings. The highest BCUT2D eigenvalue weighted by Gasteiger charge is 2.36. The molecule has 1 saturated heterocycles. The smallest absolute Gasteiger partial charge is 0.324 e. The fourth-order valence-electron chi connectivity index (χ4n) is 2.21. The number of esters is 1. The number of hydrogen-bond donors (Lipinski definition) is 1. The Morgan fingerprint density at radius 2 is 2.25 bits per heavy atom. The van der Waals surface area contributed by atoms with E-state index in [-0.39, 0.29) is 24.2 Å². The molecule has 1 fully saturated rings. The quantitative estimate of drug-likeness (QED) is 0.688. The van der Waals surface area contributed by atoms with Gasteiger partial charge in [-0.05, 0) is 26.3 Å².